The van der Waals surface area contributed by atoms with Crippen molar-refractivity contribution in [2.45, 2.75) is 43.8 Å². The number of aliphatic hydroxyl groups is 2. The molecule has 0 aromatic carbocycles. The van der Waals surface area contributed by atoms with Gasteiger partial charge in [0.25, 0.3) is 0 Å². The number of alkyl halides is 6. The van der Waals surface area contributed by atoms with Crippen molar-refractivity contribution in [2.75, 3.05) is 0 Å². The highest BCUT2D eigenvalue weighted by molar-refractivity contribution is 4.69. The van der Waals surface area contributed by atoms with Gasteiger partial charge >= 0.3 is 12.4 Å². The second-order valence-corrected chi connectivity index (χ2v) is 3.05. The van der Waals surface area contributed by atoms with Crippen molar-refractivity contribution in [3.05, 3.63) is 0 Å². The molecule has 0 spiro atoms. The van der Waals surface area contributed by atoms with Gasteiger partial charge < -0.3 is 10.2 Å². The monoisotopic (exact) mass is 240 g/mol. The van der Waals surface area contributed by atoms with Crippen LogP contribution in [0.4, 0.5) is 26.3 Å². The molecule has 0 amide bonds. The maximum absolute atomic E-state index is 11.7. The Kier molecular flexibility index (Phi) is 4.85. The Morgan fingerprint density at radius 3 is 1.20 bits per heavy atom. The molecule has 0 rings (SSSR count). The topological polar surface area (TPSA) is 40.5 Å². The Hall–Kier alpha value is -0.500. The normalized spacial score (nSPS) is 17.6. The van der Waals surface area contributed by atoms with Crippen molar-refractivity contribution >= 4 is 0 Å². The van der Waals surface area contributed by atoms with Crippen LogP contribution in [-0.4, -0.2) is 34.8 Å². The van der Waals surface area contributed by atoms with Crippen molar-refractivity contribution in [1.82, 2.24) is 0 Å². The third-order valence-electron chi connectivity index (χ3n) is 1.71. The number of hydrogen-bond donors (Lipinski definition) is 2. The van der Waals surface area contributed by atoms with E-state index in [4.69, 9.17) is 10.2 Å². The first kappa shape index (κ1) is 14.5. The number of rotatable bonds is 4. The molecule has 15 heavy (non-hydrogen) atoms. The summed E-state index contributed by atoms with van der Waals surface area (Å²) in [5.41, 5.74) is 0. The van der Waals surface area contributed by atoms with Gasteiger partial charge in [-0.1, -0.05) is 0 Å². The smallest absolute Gasteiger partial charge is 0.384 e. The number of aliphatic hydroxyl groups excluding tert-OH is 2. The highest BCUT2D eigenvalue weighted by atomic mass is 19.4. The Morgan fingerprint density at radius 1 is 0.733 bits per heavy atom. The zero-order valence-electron chi connectivity index (χ0n) is 7.44. The average molecular weight is 240 g/mol. The predicted octanol–water partition coefficient (Wildman–Crippen LogP) is 2.00. The number of hydrogen-bond acceptors (Lipinski definition) is 2. The highest BCUT2D eigenvalue weighted by Gasteiger charge is 2.40. The third-order valence-corrected chi connectivity index (χ3v) is 1.71. The van der Waals surface area contributed by atoms with Crippen LogP contribution in [-0.2, 0) is 0 Å². The Morgan fingerprint density at radius 2 is 1.00 bits per heavy atom. The molecular formula is C7H10F6O2. The molecule has 0 heterocycles. The van der Waals surface area contributed by atoms with Gasteiger partial charge in [-0.3, -0.25) is 0 Å². The molecule has 0 aliphatic rings. The lowest BCUT2D eigenvalue weighted by Crippen LogP contribution is -2.31. The minimum Gasteiger partial charge on any atom is -0.384 e. The van der Waals surface area contributed by atoms with Crippen molar-refractivity contribution in [2.24, 2.45) is 0 Å². The summed E-state index contributed by atoms with van der Waals surface area (Å²) < 4.78 is 70.0. The molecule has 8 heteroatoms. The van der Waals surface area contributed by atoms with Crippen LogP contribution in [0.1, 0.15) is 19.3 Å². The summed E-state index contributed by atoms with van der Waals surface area (Å²) in [5, 5.41) is 16.8. The molecule has 0 aromatic rings. The van der Waals surface area contributed by atoms with Gasteiger partial charge in [0.05, 0.1) is 0 Å². The van der Waals surface area contributed by atoms with Gasteiger partial charge in [-0.25, -0.2) is 0 Å². The zero-order valence-corrected chi connectivity index (χ0v) is 7.44. The fraction of sp³-hybridized carbons (Fsp3) is 1.00. The Bertz CT molecular complexity index is 167. The van der Waals surface area contributed by atoms with Gasteiger partial charge in [-0.2, -0.15) is 26.3 Å². The second-order valence-electron chi connectivity index (χ2n) is 3.05. The molecule has 0 saturated carbocycles. The highest BCUT2D eigenvalue weighted by Crippen LogP contribution is 2.27. The molecule has 0 bridgehead atoms. The third kappa shape index (κ3) is 5.83. The van der Waals surface area contributed by atoms with Gasteiger partial charge in [0.1, 0.15) is 12.2 Å². The van der Waals surface area contributed by atoms with Crippen LogP contribution < -0.4 is 0 Å². The molecule has 2 nitrogen and oxygen atoms in total. The van der Waals surface area contributed by atoms with Crippen LogP contribution >= 0.6 is 0 Å². The number of halogens is 6. The van der Waals surface area contributed by atoms with E-state index in [0.29, 0.717) is 0 Å². The van der Waals surface area contributed by atoms with E-state index >= 15 is 0 Å². The van der Waals surface area contributed by atoms with Crippen LogP contribution in [0.15, 0.2) is 0 Å². The van der Waals surface area contributed by atoms with Gasteiger partial charge in [0.2, 0.25) is 0 Å². The summed E-state index contributed by atoms with van der Waals surface area (Å²) in [5.74, 6) is 0. The molecule has 0 radical (unpaired) electrons. The standard InChI is InChI=1S/C7H10F6O2/c8-6(9,10)4(14)2-1-3-5(15)7(11,12)13/h4-5,14-15H,1-3H2/t4-,5+. The summed E-state index contributed by atoms with van der Waals surface area (Å²) in [7, 11) is 0. The van der Waals surface area contributed by atoms with Crippen molar-refractivity contribution in [1.29, 1.82) is 0 Å². The van der Waals surface area contributed by atoms with Crippen LogP contribution in [0.25, 0.3) is 0 Å². The maximum Gasteiger partial charge on any atom is 0.414 e. The molecule has 0 aromatic heterocycles. The summed E-state index contributed by atoms with van der Waals surface area (Å²) in [6, 6.07) is 0. The maximum atomic E-state index is 11.7. The Balaban J connectivity index is 3.81. The van der Waals surface area contributed by atoms with Gasteiger partial charge in [-0.15, -0.1) is 0 Å². The van der Waals surface area contributed by atoms with Gasteiger partial charge in [0, 0.05) is 0 Å². The zero-order chi connectivity index (χ0) is 12.3. The van der Waals surface area contributed by atoms with Crippen LogP contribution in [0.5, 0.6) is 0 Å². The molecule has 2 N–H and O–H groups in total. The summed E-state index contributed by atoms with van der Waals surface area (Å²) in [4.78, 5) is 0. The largest absolute Gasteiger partial charge is 0.414 e. The van der Waals surface area contributed by atoms with E-state index in [2.05, 4.69) is 0 Å². The Labute approximate surface area is 81.5 Å². The van der Waals surface area contributed by atoms with Gasteiger partial charge in [-0.05, 0) is 19.3 Å². The average Bonchev–Trinajstić information content (AvgIpc) is 2.00. The summed E-state index contributed by atoms with van der Waals surface area (Å²) >= 11 is 0. The first-order chi connectivity index (χ1) is 6.55. The van der Waals surface area contributed by atoms with E-state index in [1.807, 2.05) is 0 Å². The minimum atomic E-state index is -4.83. The molecule has 0 aliphatic carbocycles. The fourth-order valence-corrected chi connectivity index (χ4v) is 0.832. The molecular weight excluding hydrogens is 230 g/mol. The lowest BCUT2D eigenvalue weighted by molar-refractivity contribution is -0.213. The second kappa shape index (κ2) is 5.02. The van der Waals surface area contributed by atoms with Crippen LogP contribution in [0, 0.1) is 0 Å². The predicted molar refractivity (Wildman–Crippen MR) is 38.0 cm³/mol. The van der Waals surface area contributed by atoms with E-state index in [0.717, 1.165) is 0 Å². The minimum absolute atomic E-state index is 0.554. The first-order valence-corrected chi connectivity index (χ1v) is 4.04. The van der Waals surface area contributed by atoms with Crippen molar-refractivity contribution in [3.8, 4) is 0 Å². The molecule has 0 fully saturated rings. The SMILES string of the molecule is O[C@H](CCC[C@H](O)C(F)(F)F)C(F)(F)F. The van der Waals surface area contributed by atoms with E-state index in [1.165, 1.54) is 0 Å². The fourth-order valence-electron chi connectivity index (χ4n) is 0.832. The summed E-state index contributed by atoms with van der Waals surface area (Å²) in [6.07, 6.45) is -17.2. The molecule has 0 aliphatic heterocycles. The van der Waals surface area contributed by atoms with E-state index < -0.39 is 43.8 Å². The molecule has 92 valence electrons. The van der Waals surface area contributed by atoms with Crippen molar-refractivity contribution < 1.29 is 36.6 Å². The van der Waals surface area contributed by atoms with E-state index in [9.17, 15) is 26.3 Å². The molecule has 0 unspecified atom stereocenters. The molecule has 2 atom stereocenters. The van der Waals surface area contributed by atoms with E-state index in [-0.39, 0.29) is 0 Å². The quantitative estimate of drug-likeness (QED) is 0.738. The molecule has 0 saturated heterocycles. The first-order valence-electron chi connectivity index (χ1n) is 4.04. The lowest BCUT2D eigenvalue weighted by atomic mass is 10.1. The lowest BCUT2D eigenvalue weighted by Gasteiger charge is -2.17. The van der Waals surface area contributed by atoms with Crippen LogP contribution in [0.3, 0.4) is 0 Å². The van der Waals surface area contributed by atoms with Crippen molar-refractivity contribution in [3.63, 3.8) is 0 Å². The van der Waals surface area contributed by atoms with Gasteiger partial charge in [0.15, 0.2) is 0 Å². The van der Waals surface area contributed by atoms with E-state index in [1.54, 1.807) is 0 Å². The summed E-state index contributed by atoms with van der Waals surface area (Å²) in [6.45, 7) is 0. The van der Waals surface area contributed by atoms with Crippen LogP contribution in [0.2, 0.25) is 0 Å².